The van der Waals surface area contributed by atoms with Crippen molar-refractivity contribution in [3.05, 3.63) is 102 Å². The summed E-state index contributed by atoms with van der Waals surface area (Å²) in [6.07, 6.45) is -2.43. The lowest BCUT2D eigenvalue weighted by molar-refractivity contribution is -0.145. The molecular formula is C63H83N13O18S2. The number of H-pyrrole nitrogens is 1. The highest BCUT2D eigenvalue weighted by atomic mass is 33.1. The number of para-hydroxylation sites is 1. The zero-order valence-electron chi connectivity index (χ0n) is 52.9. The second kappa shape index (κ2) is 36.5. The number of aromatic nitrogens is 1. The van der Waals surface area contributed by atoms with Crippen LogP contribution in [0.1, 0.15) is 82.4 Å². The summed E-state index contributed by atoms with van der Waals surface area (Å²) in [5.74, 6) is -16.1. The Balaban J connectivity index is 1.40. The van der Waals surface area contributed by atoms with Gasteiger partial charge in [0, 0.05) is 60.8 Å². The Morgan fingerprint density at radius 3 is 1.85 bits per heavy atom. The number of nitrogens with two attached hydrogens (primary N) is 2. The third-order valence-corrected chi connectivity index (χ3v) is 18.4. The third kappa shape index (κ3) is 22.4. The maximum absolute atomic E-state index is 15.1. The fourth-order valence-electron chi connectivity index (χ4n) is 10.6. The van der Waals surface area contributed by atoms with Crippen molar-refractivity contribution in [1.82, 2.24) is 57.7 Å². The molecule has 33 heteroatoms. The predicted molar refractivity (Wildman–Crippen MR) is 351 cm³/mol. The van der Waals surface area contributed by atoms with E-state index in [2.05, 4.69) is 52.8 Å². The number of aromatic hydroxyl groups is 1. The molecule has 0 radical (unpaired) electrons. The molecular weight excluding hydrogens is 1290 g/mol. The minimum Gasteiger partial charge on any atom is -0.508 e. The summed E-state index contributed by atoms with van der Waals surface area (Å²) in [5, 5.41) is 73.9. The van der Waals surface area contributed by atoms with Crippen molar-refractivity contribution >= 4 is 109 Å². The zero-order chi connectivity index (χ0) is 70.3. The molecule has 12 atom stereocenters. The highest BCUT2D eigenvalue weighted by Gasteiger charge is 2.42. The van der Waals surface area contributed by atoms with Crippen molar-refractivity contribution in [2.24, 2.45) is 17.4 Å². The van der Waals surface area contributed by atoms with Gasteiger partial charge in [-0.1, -0.05) is 96.1 Å². The summed E-state index contributed by atoms with van der Waals surface area (Å²) in [5.41, 5.74) is 13.9. The second-order valence-corrected chi connectivity index (χ2v) is 26.2. The number of hydrogen-bond acceptors (Lipinski definition) is 19. The van der Waals surface area contributed by atoms with Crippen LogP contribution in [0.3, 0.4) is 0 Å². The van der Waals surface area contributed by atoms with E-state index in [9.17, 15) is 73.2 Å². The number of aliphatic carboxylic acids is 3. The number of nitrogens with zero attached hydrogens (tertiary/aromatic N) is 1. The third-order valence-electron chi connectivity index (χ3n) is 15.9. The van der Waals surface area contributed by atoms with E-state index in [1.54, 1.807) is 60.8 Å². The number of aliphatic hydroxyl groups excluding tert-OH is 1. The normalized spacial score (nSPS) is 21.7. The molecule has 19 N–H and O–H groups in total. The van der Waals surface area contributed by atoms with Gasteiger partial charge >= 0.3 is 17.9 Å². The van der Waals surface area contributed by atoms with Crippen LogP contribution < -0.4 is 59.3 Å². The molecule has 96 heavy (non-hydrogen) atoms. The lowest BCUT2D eigenvalue weighted by Gasteiger charge is -2.31. The summed E-state index contributed by atoms with van der Waals surface area (Å²) in [7, 11) is 1.65. The smallest absolute Gasteiger partial charge is 0.326 e. The average Bonchev–Trinajstić information content (AvgIpc) is 1.62. The highest BCUT2D eigenvalue weighted by molar-refractivity contribution is 8.76. The molecule has 0 aliphatic carbocycles. The number of aromatic amines is 1. The van der Waals surface area contributed by atoms with Crippen LogP contribution in [-0.4, -0.2) is 210 Å². The number of phenols is 1. The molecule has 3 heterocycles. The number of amides is 10. The number of hydrogen-bond donors (Lipinski definition) is 17. The number of likely N-dealkylation sites (tertiary alicyclic amines) is 1. The fraction of sp³-hybridized carbons (Fsp3) is 0.476. The van der Waals surface area contributed by atoms with E-state index < -0.39 is 180 Å². The van der Waals surface area contributed by atoms with E-state index >= 15 is 9.59 Å². The van der Waals surface area contributed by atoms with Gasteiger partial charge in [0.15, 0.2) is 0 Å². The van der Waals surface area contributed by atoms with Crippen LogP contribution in [-0.2, 0) is 81.6 Å². The Morgan fingerprint density at radius 1 is 0.656 bits per heavy atom. The van der Waals surface area contributed by atoms with Crippen molar-refractivity contribution in [3.63, 3.8) is 0 Å². The lowest BCUT2D eigenvalue weighted by atomic mass is 10.0. The summed E-state index contributed by atoms with van der Waals surface area (Å²) in [4.78, 5) is 185. The van der Waals surface area contributed by atoms with Gasteiger partial charge in [-0.15, -0.1) is 0 Å². The maximum atomic E-state index is 15.1. The van der Waals surface area contributed by atoms with E-state index in [0.29, 0.717) is 27.6 Å². The molecule has 1 aromatic heterocycles. The van der Waals surface area contributed by atoms with Crippen molar-refractivity contribution in [2.75, 3.05) is 24.6 Å². The summed E-state index contributed by atoms with van der Waals surface area (Å²) in [6, 6.07) is 3.54. The lowest BCUT2D eigenvalue weighted by Crippen LogP contribution is -2.62. The number of aliphatic hydroxyl groups is 1. The molecule has 31 nitrogen and oxygen atoms in total. The van der Waals surface area contributed by atoms with Crippen molar-refractivity contribution in [3.8, 4) is 5.75 Å². The molecule has 2 saturated heterocycles. The Hall–Kier alpha value is -9.31. The first-order valence-electron chi connectivity index (χ1n) is 31.1. The molecule has 2 aliphatic heterocycles. The van der Waals surface area contributed by atoms with Crippen LogP contribution >= 0.6 is 21.6 Å². The summed E-state index contributed by atoms with van der Waals surface area (Å²) in [6.45, 7) is 4.15. The van der Waals surface area contributed by atoms with Gasteiger partial charge in [-0.3, -0.25) is 57.5 Å². The second-order valence-electron chi connectivity index (χ2n) is 23.7. The fourth-order valence-corrected chi connectivity index (χ4v) is 13.0. The Bertz CT molecular complexity index is 3430. The van der Waals surface area contributed by atoms with Gasteiger partial charge in [-0.2, -0.15) is 0 Å². The number of carboxylic acid groups (broad SMARTS) is 3. The molecule has 6 rings (SSSR count). The molecule has 4 aromatic rings. The zero-order valence-corrected chi connectivity index (χ0v) is 54.6. The largest absolute Gasteiger partial charge is 0.508 e. The highest BCUT2D eigenvalue weighted by Crippen LogP contribution is 2.26. The van der Waals surface area contributed by atoms with Gasteiger partial charge in [-0.25, -0.2) is 4.79 Å². The van der Waals surface area contributed by atoms with Gasteiger partial charge in [0.05, 0.1) is 18.6 Å². The number of carboxylic acids is 3. The van der Waals surface area contributed by atoms with Crippen molar-refractivity contribution in [1.29, 1.82) is 0 Å². The number of carbonyl (C=O) groups is 13. The van der Waals surface area contributed by atoms with Crippen LogP contribution in [0.5, 0.6) is 5.75 Å². The number of rotatable bonds is 26. The molecule has 3 unspecified atom stereocenters. The summed E-state index contributed by atoms with van der Waals surface area (Å²) < 4.78 is 0. The van der Waals surface area contributed by atoms with E-state index in [-0.39, 0.29) is 70.2 Å². The standard InChI is InChI=1S/C63H83N13O18S2/c1-32(2)51(63(93)94)74-60(90)47-31-96-95-30-46(72-58(88)45(28-50(81)82)71-61(91)48-16-10-24-76(48)62(92)52(33(3)77)75-53(83)39(65)21-22-49(79)80)59(89)69-42(25-34-11-5-4-6-12-34)55(85)70-44(27-36-29-66-40-14-8-7-13-38(36)40)57(87)67-41(15-9-23-64)54(84)68-43(56(86)73-47)26-35-17-19-37(78)20-18-35/h4-8,11-14,17-20,29,32-33,39,41-48,51-52,66,77-78H,9-10,15-16,21-28,30-31,64-65H2,1-3H3,(H,67,87)(H,68,84)(H,69,89)(H,70,85)(H,71,91)(H,72,88)(H,73,86)(H,74,90)(H,75,83)(H,79,80)(H,81,82)(H,93,94)/t33-,39+,41+,42?,43?,44+,45+,46?,47+,48+,51+,52+/m1/s1. The van der Waals surface area contributed by atoms with Crippen LogP contribution in [0.2, 0.25) is 0 Å². The maximum Gasteiger partial charge on any atom is 0.326 e. The first-order valence-corrected chi connectivity index (χ1v) is 33.6. The molecule has 520 valence electrons. The van der Waals surface area contributed by atoms with Crippen LogP contribution in [0, 0.1) is 5.92 Å². The van der Waals surface area contributed by atoms with Gasteiger partial charge < -0.3 is 94.7 Å². The van der Waals surface area contributed by atoms with Crippen LogP contribution in [0.15, 0.2) is 85.1 Å². The quantitative estimate of drug-likeness (QED) is 0.0308. The molecule has 0 spiro atoms. The van der Waals surface area contributed by atoms with Gasteiger partial charge in [-0.05, 0) is 86.4 Å². The predicted octanol–water partition coefficient (Wildman–Crippen LogP) is -1.82. The average molecular weight is 1370 g/mol. The van der Waals surface area contributed by atoms with Crippen molar-refractivity contribution < 1.29 is 87.9 Å². The minimum atomic E-state index is -2.00. The van der Waals surface area contributed by atoms with E-state index in [0.717, 1.165) is 26.5 Å². The van der Waals surface area contributed by atoms with Gasteiger partial charge in [0.25, 0.3) is 0 Å². The van der Waals surface area contributed by atoms with E-state index in [1.165, 1.54) is 45.0 Å². The number of phenolic OH excluding ortho intramolecular Hbond substituents is 1. The van der Waals surface area contributed by atoms with Gasteiger partial charge in [0.2, 0.25) is 59.1 Å². The molecule has 3 aromatic carbocycles. The monoisotopic (exact) mass is 1370 g/mol. The Kier molecular flexibility index (Phi) is 28.8. The Morgan fingerprint density at radius 2 is 1.24 bits per heavy atom. The number of carbonyl (C=O) groups excluding carboxylic acids is 10. The topological polar surface area (TPSA) is 502 Å². The molecule has 2 aliphatic rings. The SMILES string of the molecule is CC(C)[C@H](NC(=O)[C@@H]1CSSCC(NC(=O)[C@H](CC(=O)O)NC(=O)[C@@H]2CCCN2C(=O)[C@@H](NC(=O)[C@@H](N)CCC(=O)O)[C@@H](C)O)C(=O)NC(Cc2ccccc2)C(=O)N[C@@H](Cc2c[nH]c3ccccc23)C(=O)N[C@@H](CCCN)C(=O)NC(Cc2ccc(O)cc2)C(=O)N1)C(=O)O. The first-order chi connectivity index (χ1) is 45.6. The molecule has 0 saturated carbocycles. The Labute approximate surface area is 559 Å². The first kappa shape index (κ1) is 75.7. The molecule has 0 bridgehead atoms. The minimum absolute atomic E-state index is 0.0402. The van der Waals surface area contributed by atoms with Crippen molar-refractivity contribution in [2.45, 2.75) is 158 Å². The van der Waals surface area contributed by atoms with Gasteiger partial charge in [0.1, 0.15) is 66.2 Å². The van der Waals surface area contributed by atoms with Crippen LogP contribution in [0.4, 0.5) is 0 Å². The van der Waals surface area contributed by atoms with Crippen LogP contribution in [0.25, 0.3) is 10.9 Å². The number of benzene rings is 3. The van der Waals surface area contributed by atoms with E-state index in [1.807, 2.05) is 0 Å². The summed E-state index contributed by atoms with van der Waals surface area (Å²) >= 11 is 0. The number of fused-ring (bicyclic) bond motifs is 1. The number of nitrogens with one attached hydrogen (secondary N) is 10. The van der Waals surface area contributed by atoms with E-state index in [4.69, 9.17) is 16.6 Å². The molecule has 2 fully saturated rings. The molecule has 10 amide bonds.